The Balaban J connectivity index is 1.43. The first-order chi connectivity index (χ1) is 12.2. The van der Waals surface area contributed by atoms with E-state index < -0.39 is 6.61 Å². The van der Waals surface area contributed by atoms with E-state index in [0.29, 0.717) is 11.3 Å². The van der Waals surface area contributed by atoms with Gasteiger partial charge >= 0.3 is 0 Å². The number of rotatable bonds is 5. The summed E-state index contributed by atoms with van der Waals surface area (Å²) in [4.78, 5) is 11.4. The largest absolute Gasteiger partial charge is 0.457 e. The van der Waals surface area contributed by atoms with Crippen LogP contribution in [0.5, 0.6) is 11.5 Å². The number of aliphatic hydroxyl groups excluding tert-OH is 1. The Morgan fingerprint density at radius 3 is 2.04 bits per heavy atom. The molecule has 5 rings (SSSR count). The molecule has 2 aromatic carbocycles. The van der Waals surface area contributed by atoms with Crippen molar-refractivity contribution in [3.05, 3.63) is 59.7 Å². The lowest BCUT2D eigenvalue weighted by Crippen LogP contribution is -2.29. The van der Waals surface area contributed by atoms with Crippen LogP contribution in [0.1, 0.15) is 53.9 Å². The second kappa shape index (κ2) is 7.01. The predicted molar refractivity (Wildman–Crippen MR) is 97.2 cm³/mol. The number of hydrogen-bond donors (Lipinski definition) is 1. The van der Waals surface area contributed by atoms with Crippen LogP contribution < -0.4 is 4.74 Å². The Morgan fingerprint density at radius 2 is 1.52 bits per heavy atom. The van der Waals surface area contributed by atoms with Crippen molar-refractivity contribution in [2.24, 2.45) is 11.8 Å². The molecule has 0 radical (unpaired) electrons. The maximum atomic E-state index is 11.4. The highest BCUT2D eigenvalue weighted by atomic mass is 16.5. The van der Waals surface area contributed by atoms with Crippen LogP contribution in [0.15, 0.2) is 48.5 Å². The van der Waals surface area contributed by atoms with Crippen molar-refractivity contribution in [3.63, 3.8) is 0 Å². The first-order valence-electron chi connectivity index (χ1n) is 9.25. The van der Waals surface area contributed by atoms with Gasteiger partial charge in [-0.05, 0) is 79.0 Å². The van der Waals surface area contributed by atoms with Gasteiger partial charge in [-0.2, -0.15) is 0 Å². The number of ketones is 1. The van der Waals surface area contributed by atoms with E-state index >= 15 is 0 Å². The highest BCUT2D eigenvalue weighted by Crippen LogP contribution is 2.49. The fourth-order valence-electron chi connectivity index (χ4n) is 4.51. The number of Topliss-reactive ketones (excluding diaryl/α,β-unsaturated/α-hetero) is 1. The van der Waals surface area contributed by atoms with Gasteiger partial charge < -0.3 is 9.84 Å². The summed E-state index contributed by atoms with van der Waals surface area (Å²) < 4.78 is 5.88. The van der Waals surface area contributed by atoms with Crippen LogP contribution in [0.2, 0.25) is 0 Å². The van der Waals surface area contributed by atoms with E-state index in [2.05, 4.69) is 12.1 Å². The third kappa shape index (κ3) is 3.47. The Morgan fingerprint density at radius 1 is 0.920 bits per heavy atom. The van der Waals surface area contributed by atoms with E-state index in [-0.39, 0.29) is 5.78 Å². The maximum Gasteiger partial charge on any atom is 0.188 e. The molecule has 0 aliphatic heterocycles. The van der Waals surface area contributed by atoms with Crippen LogP contribution in [-0.4, -0.2) is 17.5 Å². The molecule has 1 atom stereocenters. The summed E-state index contributed by atoms with van der Waals surface area (Å²) in [5, 5.41) is 8.88. The molecule has 1 unspecified atom stereocenters. The quantitative estimate of drug-likeness (QED) is 0.786. The van der Waals surface area contributed by atoms with Gasteiger partial charge in [-0.1, -0.05) is 25.0 Å². The first-order valence-corrected chi connectivity index (χ1v) is 9.25. The normalized spacial score (nSPS) is 24.9. The molecule has 3 saturated carbocycles. The molecule has 3 aliphatic rings. The minimum Gasteiger partial charge on any atom is -0.457 e. The molecular weight excluding hydrogens is 312 g/mol. The van der Waals surface area contributed by atoms with Gasteiger partial charge in [0.25, 0.3) is 0 Å². The zero-order valence-electron chi connectivity index (χ0n) is 14.4. The van der Waals surface area contributed by atoms with E-state index in [1.807, 2.05) is 12.1 Å². The topological polar surface area (TPSA) is 46.5 Å². The number of aliphatic hydroxyl groups is 1. The number of hydrogen-bond acceptors (Lipinski definition) is 3. The molecule has 1 N–H and O–H groups in total. The minimum absolute atomic E-state index is 0.280. The van der Waals surface area contributed by atoms with E-state index in [9.17, 15) is 4.79 Å². The van der Waals surface area contributed by atoms with Crippen molar-refractivity contribution in [1.82, 2.24) is 0 Å². The van der Waals surface area contributed by atoms with Gasteiger partial charge in [-0.15, -0.1) is 0 Å². The van der Waals surface area contributed by atoms with Crippen molar-refractivity contribution in [2.45, 2.75) is 38.0 Å². The lowest BCUT2D eigenvalue weighted by molar-refractivity contribution is 0.0903. The number of carbonyl (C=O) groups is 1. The Hall–Kier alpha value is -2.13. The fraction of sp³-hybridized carbons (Fsp3) is 0.409. The zero-order chi connectivity index (χ0) is 17.2. The Labute approximate surface area is 148 Å². The summed E-state index contributed by atoms with van der Waals surface area (Å²) in [7, 11) is 0. The number of benzene rings is 2. The summed E-state index contributed by atoms with van der Waals surface area (Å²) in [5.41, 5.74) is 1.95. The van der Waals surface area contributed by atoms with Crippen LogP contribution in [-0.2, 0) is 0 Å². The van der Waals surface area contributed by atoms with Crippen molar-refractivity contribution >= 4 is 5.78 Å². The van der Waals surface area contributed by atoms with E-state index in [1.54, 1.807) is 24.3 Å². The van der Waals surface area contributed by atoms with Crippen molar-refractivity contribution in [2.75, 3.05) is 6.61 Å². The van der Waals surface area contributed by atoms with Crippen LogP contribution >= 0.6 is 0 Å². The Kier molecular flexibility index (Phi) is 4.58. The predicted octanol–water partition coefficient (Wildman–Crippen LogP) is 4.95. The molecule has 25 heavy (non-hydrogen) atoms. The molecular formula is C22H24O3. The smallest absolute Gasteiger partial charge is 0.188 e. The Bertz CT molecular complexity index is 725. The van der Waals surface area contributed by atoms with Gasteiger partial charge in [-0.3, -0.25) is 4.79 Å². The number of carbonyl (C=O) groups excluding carboxylic acids is 1. The highest BCUT2D eigenvalue weighted by molar-refractivity contribution is 5.96. The van der Waals surface area contributed by atoms with Crippen molar-refractivity contribution in [1.29, 1.82) is 0 Å². The van der Waals surface area contributed by atoms with E-state index in [4.69, 9.17) is 9.84 Å². The van der Waals surface area contributed by atoms with Gasteiger partial charge in [0.15, 0.2) is 5.78 Å². The maximum absolute atomic E-state index is 11.4. The number of ether oxygens (including phenoxy) is 1. The average Bonchev–Trinajstić information content (AvgIpc) is 2.69. The van der Waals surface area contributed by atoms with E-state index in [1.165, 1.54) is 37.7 Å². The highest BCUT2D eigenvalue weighted by Gasteiger charge is 2.36. The standard InChI is InChI=1S/C22H24O3/c23-14-22(24)18-7-11-20(12-8-18)25-19-9-5-17(6-10-19)21-13-15-1-3-16(21)4-2-15/h5-12,15-16,21,23H,1-4,13-14H2. The molecule has 0 heterocycles. The summed E-state index contributed by atoms with van der Waals surface area (Å²) in [5.74, 6) is 3.76. The molecule has 3 nitrogen and oxygen atoms in total. The first kappa shape index (κ1) is 16.3. The molecule has 0 saturated heterocycles. The van der Waals surface area contributed by atoms with Gasteiger partial charge in [-0.25, -0.2) is 0 Å². The summed E-state index contributed by atoms with van der Waals surface area (Å²) in [6, 6.07) is 15.4. The lowest BCUT2D eigenvalue weighted by atomic mass is 9.63. The molecule has 0 aromatic heterocycles. The molecule has 2 bridgehead atoms. The van der Waals surface area contributed by atoms with Crippen LogP contribution in [0.4, 0.5) is 0 Å². The van der Waals surface area contributed by atoms with Gasteiger partial charge in [0, 0.05) is 5.56 Å². The molecule has 2 aromatic rings. The summed E-state index contributed by atoms with van der Waals surface area (Å²) in [6.45, 7) is -0.468. The second-order valence-corrected chi connectivity index (χ2v) is 7.40. The third-order valence-electron chi connectivity index (χ3n) is 5.91. The SMILES string of the molecule is O=C(CO)c1ccc(Oc2ccc(C3CC4CCC3CC4)cc2)cc1. The molecule has 3 fully saturated rings. The minimum atomic E-state index is -0.468. The fourth-order valence-corrected chi connectivity index (χ4v) is 4.51. The zero-order valence-corrected chi connectivity index (χ0v) is 14.4. The molecule has 0 amide bonds. The lowest BCUT2D eigenvalue weighted by Gasteiger charge is -2.42. The summed E-state index contributed by atoms with van der Waals surface area (Å²) >= 11 is 0. The van der Waals surface area contributed by atoms with E-state index in [0.717, 1.165) is 23.5 Å². The molecule has 0 spiro atoms. The monoisotopic (exact) mass is 336 g/mol. The van der Waals surface area contributed by atoms with Gasteiger partial charge in [0.05, 0.1) is 0 Å². The van der Waals surface area contributed by atoms with Crippen LogP contribution in [0, 0.1) is 11.8 Å². The van der Waals surface area contributed by atoms with Crippen molar-refractivity contribution < 1.29 is 14.6 Å². The average molecular weight is 336 g/mol. The van der Waals surface area contributed by atoms with Gasteiger partial charge in [0.1, 0.15) is 18.1 Å². The van der Waals surface area contributed by atoms with Crippen molar-refractivity contribution in [3.8, 4) is 11.5 Å². The second-order valence-electron chi connectivity index (χ2n) is 7.40. The molecule has 130 valence electrons. The number of fused-ring (bicyclic) bond motifs is 3. The van der Waals surface area contributed by atoms with Gasteiger partial charge in [0.2, 0.25) is 0 Å². The third-order valence-corrected chi connectivity index (χ3v) is 5.91. The van der Waals surface area contributed by atoms with Crippen LogP contribution in [0.25, 0.3) is 0 Å². The summed E-state index contributed by atoms with van der Waals surface area (Å²) in [6.07, 6.45) is 7.00. The molecule has 3 aliphatic carbocycles. The van der Waals surface area contributed by atoms with Crippen LogP contribution in [0.3, 0.4) is 0 Å². The molecule has 3 heteroatoms.